The van der Waals surface area contributed by atoms with E-state index in [-0.39, 0.29) is 30.1 Å². The molecule has 1 aromatic carbocycles. The van der Waals surface area contributed by atoms with Gasteiger partial charge in [0.25, 0.3) is 0 Å². The van der Waals surface area contributed by atoms with Crippen molar-refractivity contribution in [3.05, 3.63) is 36.5 Å². The van der Waals surface area contributed by atoms with Gasteiger partial charge in [-0.15, -0.1) is 0 Å². The van der Waals surface area contributed by atoms with Crippen LogP contribution in [0.5, 0.6) is 11.6 Å². The van der Waals surface area contributed by atoms with Crippen LogP contribution in [0.15, 0.2) is 30.9 Å². The van der Waals surface area contributed by atoms with Crippen LogP contribution in [0, 0.1) is 11.8 Å². The number of esters is 1. The van der Waals surface area contributed by atoms with E-state index in [2.05, 4.69) is 16.5 Å². The summed E-state index contributed by atoms with van der Waals surface area (Å²) in [4.78, 5) is 35.7. The number of likely N-dealkylation sites (tertiary alicyclic amines) is 1. The fourth-order valence-corrected chi connectivity index (χ4v) is 3.97. The zero-order valence-corrected chi connectivity index (χ0v) is 22.8. The lowest BCUT2D eigenvalue weighted by molar-refractivity contribution is -0.151. The first-order valence-corrected chi connectivity index (χ1v) is 12.4. The third-order valence-corrected chi connectivity index (χ3v) is 5.90. The highest BCUT2D eigenvalue weighted by Crippen LogP contribution is 2.38. The third-order valence-electron chi connectivity index (χ3n) is 5.90. The number of aromatic nitrogens is 2. The molecule has 38 heavy (non-hydrogen) atoms. The van der Waals surface area contributed by atoms with Crippen molar-refractivity contribution in [2.45, 2.75) is 65.2 Å². The summed E-state index contributed by atoms with van der Waals surface area (Å²) in [6.07, 6.45) is -1.18. The second-order valence-corrected chi connectivity index (χ2v) is 10.7. The standard InChI is InChI=1S/C27H35F2N3O6/c1-9-27(28,29)22-23(31-19-12-17(35-8)10-11-18(19)30-22)37-20-13-32(25(34)38-26(5,6)7)21(16(20)4)24(33)36-14-15(2)3/h9-12,15-16,20-21H,1,13-14H2,2-8H3. The normalized spacial score (nSPS) is 19.9. The third kappa shape index (κ3) is 6.49. The zero-order chi connectivity index (χ0) is 28.4. The minimum atomic E-state index is -3.56. The first kappa shape index (κ1) is 29.1. The molecule has 3 unspecified atom stereocenters. The number of hydrogen-bond acceptors (Lipinski definition) is 8. The van der Waals surface area contributed by atoms with Crippen molar-refractivity contribution in [2.75, 3.05) is 20.3 Å². The molecule has 1 aliphatic heterocycles. The zero-order valence-electron chi connectivity index (χ0n) is 22.8. The molecule has 0 spiro atoms. The lowest BCUT2D eigenvalue weighted by atomic mass is 10.0. The second-order valence-electron chi connectivity index (χ2n) is 10.7. The van der Waals surface area contributed by atoms with Gasteiger partial charge in [-0.2, -0.15) is 8.78 Å². The lowest BCUT2D eigenvalue weighted by Gasteiger charge is -2.28. The summed E-state index contributed by atoms with van der Waals surface area (Å²) in [5.41, 5.74) is -1.08. The number of rotatable bonds is 8. The number of carbonyl (C=O) groups excluding carboxylic acids is 2. The van der Waals surface area contributed by atoms with Gasteiger partial charge >= 0.3 is 18.0 Å². The van der Waals surface area contributed by atoms with E-state index in [9.17, 15) is 18.4 Å². The number of methoxy groups -OCH3 is 1. The van der Waals surface area contributed by atoms with Crippen molar-refractivity contribution in [2.24, 2.45) is 11.8 Å². The van der Waals surface area contributed by atoms with Gasteiger partial charge in [0.2, 0.25) is 5.88 Å². The van der Waals surface area contributed by atoms with Crippen molar-refractivity contribution in [1.82, 2.24) is 14.9 Å². The predicted octanol–water partition coefficient (Wildman–Crippen LogP) is 5.12. The van der Waals surface area contributed by atoms with Crippen molar-refractivity contribution in [3.63, 3.8) is 0 Å². The van der Waals surface area contributed by atoms with Crippen molar-refractivity contribution in [1.29, 1.82) is 0 Å². The van der Waals surface area contributed by atoms with Gasteiger partial charge in [-0.05, 0) is 44.9 Å². The van der Waals surface area contributed by atoms with E-state index in [1.165, 1.54) is 18.1 Å². The van der Waals surface area contributed by atoms with Crippen LogP contribution in [-0.4, -0.2) is 64.9 Å². The van der Waals surface area contributed by atoms with Gasteiger partial charge in [-0.3, -0.25) is 4.90 Å². The number of amides is 1. The fraction of sp³-hybridized carbons (Fsp3) is 0.556. The minimum absolute atomic E-state index is 0.0752. The maximum atomic E-state index is 14.9. The van der Waals surface area contributed by atoms with Crippen molar-refractivity contribution >= 4 is 23.1 Å². The Bertz CT molecular complexity index is 1200. The van der Waals surface area contributed by atoms with Gasteiger partial charge in [0.15, 0.2) is 5.69 Å². The molecule has 9 nitrogen and oxygen atoms in total. The number of nitrogens with zero attached hydrogens (tertiary/aromatic N) is 3. The number of halogens is 2. The van der Waals surface area contributed by atoms with Crippen LogP contribution < -0.4 is 9.47 Å². The molecule has 0 saturated carbocycles. The smallest absolute Gasteiger partial charge is 0.411 e. The van der Waals surface area contributed by atoms with Gasteiger partial charge in [0.1, 0.15) is 23.5 Å². The Kier molecular flexibility index (Phi) is 8.48. The van der Waals surface area contributed by atoms with Crippen LogP contribution in [0.25, 0.3) is 11.0 Å². The number of carbonyl (C=O) groups is 2. The van der Waals surface area contributed by atoms with E-state index in [0.717, 1.165) is 0 Å². The largest absolute Gasteiger partial charge is 0.497 e. The van der Waals surface area contributed by atoms with Gasteiger partial charge in [-0.25, -0.2) is 19.6 Å². The van der Waals surface area contributed by atoms with Crippen molar-refractivity contribution in [3.8, 4) is 11.6 Å². The summed E-state index contributed by atoms with van der Waals surface area (Å²) >= 11 is 0. The molecular weight excluding hydrogens is 500 g/mol. The molecule has 1 aromatic heterocycles. The number of benzene rings is 1. The highest BCUT2D eigenvalue weighted by atomic mass is 19.3. The summed E-state index contributed by atoms with van der Waals surface area (Å²) in [6, 6.07) is 3.59. The van der Waals surface area contributed by atoms with Crippen LogP contribution >= 0.6 is 0 Å². The Morgan fingerprint density at radius 3 is 2.47 bits per heavy atom. The average Bonchev–Trinajstić information content (AvgIpc) is 3.16. The summed E-state index contributed by atoms with van der Waals surface area (Å²) in [6.45, 7) is 13.8. The van der Waals surface area contributed by atoms with Gasteiger partial charge < -0.3 is 18.9 Å². The quantitative estimate of drug-likeness (QED) is 0.339. The summed E-state index contributed by atoms with van der Waals surface area (Å²) in [5.74, 6) is -4.73. The molecule has 1 saturated heterocycles. The Hall–Kier alpha value is -3.50. The van der Waals surface area contributed by atoms with Gasteiger partial charge in [-0.1, -0.05) is 27.4 Å². The number of ether oxygens (including phenoxy) is 4. The first-order valence-electron chi connectivity index (χ1n) is 12.4. The molecule has 3 rings (SSSR count). The Morgan fingerprint density at radius 2 is 1.89 bits per heavy atom. The SMILES string of the molecule is C=CC(F)(F)c1nc2ccc(OC)cc2nc1OC1CN(C(=O)OC(C)(C)C)C(C(=O)OCC(C)C)C1C. The van der Waals surface area contributed by atoms with Crippen LogP contribution in [0.2, 0.25) is 0 Å². The van der Waals surface area contributed by atoms with E-state index >= 15 is 0 Å². The van der Waals surface area contributed by atoms with Crippen LogP contribution in [0.3, 0.4) is 0 Å². The van der Waals surface area contributed by atoms with Gasteiger partial charge in [0.05, 0.1) is 31.3 Å². The number of allylic oxidation sites excluding steroid dienone is 1. The maximum absolute atomic E-state index is 14.9. The Balaban J connectivity index is 2.02. The summed E-state index contributed by atoms with van der Waals surface area (Å²) < 4.78 is 51.9. The molecule has 0 bridgehead atoms. The number of alkyl halides is 2. The van der Waals surface area contributed by atoms with E-state index in [1.54, 1.807) is 39.8 Å². The van der Waals surface area contributed by atoms with E-state index < -0.39 is 53.2 Å². The van der Waals surface area contributed by atoms with Crippen molar-refractivity contribution < 1.29 is 37.3 Å². The molecule has 208 valence electrons. The predicted molar refractivity (Wildman–Crippen MR) is 136 cm³/mol. The summed E-state index contributed by atoms with van der Waals surface area (Å²) in [7, 11) is 1.47. The highest BCUT2D eigenvalue weighted by molar-refractivity contribution is 5.83. The molecule has 2 heterocycles. The molecule has 3 atom stereocenters. The molecule has 0 N–H and O–H groups in total. The van der Waals surface area contributed by atoms with E-state index in [4.69, 9.17) is 18.9 Å². The van der Waals surface area contributed by atoms with Gasteiger partial charge in [0, 0.05) is 12.0 Å². The highest BCUT2D eigenvalue weighted by Gasteiger charge is 2.50. The average molecular weight is 536 g/mol. The minimum Gasteiger partial charge on any atom is -0.497 e. The molecule has 1 aliphatic rings. The topological polar surface area (TPSA) is 100 Å². The molecular formula is C27H35F2N3O6. The summed E-state index contributed by atoms with van der Waals surface area (Å²) in [5, 5.41) is 0. The Morgan fingerprint density at radius 1 is 1.21 bits per heavy atom. The molecule has 0 aliphatic carbocycles. The molecule has 2 aromatic rings. The fourth-order valence-electron chi connectivity index (χ4n) is 3.97. The number of fused-ring (bicyclic) bond motifs is 1. The van der Waals surface area contributed by atoms with E-state index in [1.807, 2.05) is 13.8 Å². The first-order chi connectivity index (χ1) is 17.7. The Labute approximate surface area is 221 Å². The van der Waals surface area contributed by atoms with E-state index in [0.29, 0.717) is 11.8 Å². The number of hydrogen-bond donors (Lipinski definition) is 0. The van der Waals surface area contributed by atoms with Crippen LogP contribution in [-0.2, 0) is 20.2 Å². The second kappa shape index (κ2) is 11.1. The molecule has 11 heteroatoms. The van der Waals surface area contributed by atoms with Crippen LogP contribution in [0.4, 0.5) is 13.6 Å². The lowest BCUT2D eigenvalue weighted by Crippen LogP contribution is -2.46. The monoisotopic (exact) mass is 535 g/mol. The van der Waals surface area contributed by atoms with Crippen LogP contribution in [0.1, 0.15) is 47.2 Å². The maximum Gasteiger partial charge on any atom is 0.411 e. The molecule has 1 fully saturated rings. The molecule has 1 amide bonds. The molecule has 0 radical (unpaired) electrons.